The Morgan fingerprint density at radius 1 is 1.53 bits per heavy atom. The monoisotopic (exact) mass is 296 g/mol. The van der Waals surface area contributed by atoms with Crippen molar-refractivity contribution in [1.82, 2.24) is 9.78 Å². The van der Waals surface area contributed by atoms with E-state index in [-0.39, 0.29) is 10.3 Å². The second-order valence-corrected chi connectivity index (χ2v) is 4.43. The van der Waals surface area contributed by atoms with E-state index in [1.165, 1.54) is 4.68 Å². The van der Waals surface area contributed by atoms with Gasteiger partial charge in [0.1, 0.15) is 11.5 Å². The van der Waals surface area contributed by atoms with Gasteiger partial charge < -0.3 is 5.73 Å². The molecule has 0 saturated carbocycles. The molecule has 0 unspecified atom stereocenters. The topological polar surface area (TPSA) is 67.7 Å². The molecule has 1 aromatic carbocycles. The smallest absolute Gasteiger partial charge is 0.163 e. The number of benzene rings is 1. The highest BCUT2D eigenvalue weighted by Crippen LogP contribution is 2.25. The van der Waals surface area contributed by atoms with Crippen LogP contribution in [-0.4, -0.2) is 15.6 Å². The Bertz CT molecular complexity index is 591. The van der Waals surface area contributed by atoms with Crippen LogP contribution in [0.25, 0.3) is 5.69 Å². The highest BCUT2D eigenvalue weighted by Gasteiger charge is 2.14. The third-order valence-electron chi connectivity index (χ3n) is 2.31. The van der Waals surface area contributed by atoms with Crippen LogP contribution in [0, 0.1) is 18.2 Å². The maximum absolute atomic E-state index is 14.1. The van der Waals surface area contributed by atoms with Crippen LogP contribution < -0.4 is 5.73 Å². The molecule has 0 aliphatic rings. The maximum atomic E-state index is 14.1. The minimum Gasteiger partial charge on any atom is -0.384 e. The average molecular weight is 297 g/mol. The summed E-state index contributed by atoms with van der Waals surface area (Å²) in [6, 6.07) is 3.13. The first-order valence-corrected chi connectivity index (χ1v) is 5.64. The van der Waals surface area contributed by atoms with Crippen molar-refractivity contribution in [2.45, 2.75) is 6.92 Å². The van der Waals surface area contributed by atoms with E-state index in [9.17, 15) is 4.39 Å². The zero-order valence-corrected chi connectivity index (χ0v) is 10.6. The zero-order chi connectivity index (χ0) is 12.6. The fourth-order valence-electron chi connectivity index (χ4n) is 1.47. The van der Waals surface area contributed by atoms with Gasteiger partial charge in [-0.2, -0.15) is 5.10 Å². The first-order valence-electron chi connectivity index (χ1n) is 4.84. The molecule has 6 heteroatoms. The summed E-state index contributed by atoms with van der Waals surface area (Å²) in [6.07, 6.45) is 3.37. The van der Waals surface area contributed by atoms with Crippen LogP contribution in [0.5, 0.6) is 0 Å². The summed E-state index contributed by atoms with van der Waals surface area (Å²) in [5, 5.41) is 11.3. The van der Waals surface area contributed by atoms with Crippen molar-refractivity contribution in [2.75, 3.05) is 0 Å². The molecule has 4 nitrogen and oxygen atoms in total. The Kier molecular flexibility index (Phi) is 2.97. The van der Waals surface area contributed by atoms with Gasteiger partial charge in [0, 0.05) is 11.8 Å². The van der Waals surface area contributed by atoms with Gasteiger partial charge in [0.2, 0.25) is 0 Å². The van der Waals surface area contributed by atoms with Crippen LogP contribution in [0.1, 0.15) is 11.1 Å². The molecule has 2 rings (SSSR count). The molecule has 0 aliphatic carbocycles. The van der Waals surface area contributed by atoms with Crippen molar-refractivity contribution < 1.29 is 4.39 Å². The van der Waals surface area contributed by atoms with Crippen LogP contribution in [-0.2, 0) is 0 Å². The summed E-state index contributed by atoms with van der Waals surface area (Å²) in [7, 11) is 0. The molecule has 1 heterocycles. The van der Waals surface area contributed by atoms with Crippen molar-refractivity contribution in [2.24, 2.45) is 5.73 Å². The van der Waals surface area contributed by atoms with Crippen molar-refractivity contribution in [3.05, 3.63) is 45.9 Å². The molecule has 0 radical (unpaired) electrons. The van der Waals surface area contributed by atoms with E-state index >= 15 is 0 Å². The fraction of sp³-hybridized carbons (Fsp3) is 0.0909. The number of aromatic nitrogens is 2. The highest BCUT2D eigenvalue weighted by molar-refractivity contribution is 9.10. The van der Waals surface area contributed by atoms with Crippen molar-refractivity contribution in [1.29, 1.82) is 5.41 Å². The van der Waals surface area contributed by atoms with E-state index in [1.807, 2.05) is 6.92 Å². The zero-order valence-electron chi connectivity index (χ0n) is 9.04. The van der Waals surface area contributed by atoms with Gasteiger partial charge in [0.15, 0.2) is 5.82 Å². The van der Waals surface area contributed by atoms with E-state index in [0.717, 1.165) is 5.56 Å². The van der Waals surface area contributed by atoms with Crippen LogP contribution in [0.15, 0.2) is 29.0 Å². The predicted molar refractivity (Wildman–Crippen MR) is 67.0 cm³/mol. The molecular weight excluding hydrogens is 287 g/mol. The molecule has 0 spiro atoms. The lowest BCUT2D eigenvalue weighted by Crippen LogP contribution is -2.13. The molecule has 17 heavy (non-hydrogen) atoms. The number of amidine groups is 1. The van der Waals surface area contributed by atoms with E-state index < -0.39 is 5.82 Å². The number of nitrogens with two attached hydrogens (primary N) is 1. The van der Waals surface area contributed by atoms with E-state index in [2.05, 4.69) is 21.0 Å². The number of aryl methyl sites for hydroxylation is 1. The molecule has 0 bridgehead atoms. The molecule has 2 aromatic rings. The standard InChI is InChI=1S/C11H10BrFN4/c1-6-4-16-17(5-6)8-3-2-7(11(14)15)9(12)10(8)13/h2-5H,1H3,(H3,14,15). The van der Waals surface area contributed by atoms with Crippen LogP contribution in [0.2, 0.25) is 0 Å². The van der Waals surface area contributed by atoms with Gasteiger partial charge in [-0.3, -0.25) is 5.41 Å². The minimum absolute atomic E-state index is 0.177. The third-order valence-corrected chi connectivity index (χ3v) is 3.09. The first kappa shape index (κ1) is 11.8. The Hall–Kier alpha value is -1.69. The number of hydrogen-bond donors (Lipinski definition) is 2. The van der Waals surface area contributed by atoms with E-state index in [1.54, 1.807) is 24.5 Å². The van der Waals surface area contributed by atoms with E-state index in [4.69, 9.17) is 11.1 Å². The number of nitrogens with zero attached hydrogens (tertiary/aromatic N) is 2. The summed E-state index contributed by atoms with van der Waals surface area (Å²) < 4.78 is 15.7. The molecule has 0 aliphatic heterocycles. The van der Waals surface area contributed by atoms with Crippen LogP contribution in [0.4, 0.5) is 4.39 Å². The molecule has 0 amide bonds. The normalized spacial score (nSPS) is 10.5. The number of halogens is 2. The van der Waals surface area contributed by atoms with Crippen molar-refractivity contribution in [3.63, 3.8) is 0 Å². The highest BCUT2D eigenvalue weighted by atomic mass is 79.9. The first-order chi connectivity index (χ1) is 8.00. The molecule has 0 saturated heterocycles. The van der Waals surface area contributed by atoms with Gasteiger partial charge in [-0.05, 0) is 40.5 Å². The maximum Gasteiger partial charge on any atom is 0.163 e. The molecule has 0 fully saturated rings. The van der Waals surface area contributed by atoms with E-state index in [0.29, 0.717) is 11.3 Å². The summed E-state index contributed by atoms with van der Waals surface area (Å²) in [6.45, 7) is 1.88. The molecule has 0 atom stereocenters. The van der Waals surface area contributed by atoms with Gasteiger partial charge in [0.05, 0.1) is 10.7 Å². The third kappa shape index (κ3) is 2.08. The van der Waals surface area contributed by atoms with Gasteiger partial charge in [-0.25, -0.2) is 9.07 Å². The number of rotatable bonds is 2. The average Bonchev–Trinajstić information content (AvgIpc) is 2.68. The summed E-state index contributed by atoms with van der Waals surface area (Å²) in [5.74, 6) is -0.667. The molecule has 3 N–H and O–H groups in total. The SMILES string of the molecule is Cc1cnn(-c2ccc(C(=N)N)c(Br)c2F)c1. The van der Waals surface area contributed by atoms with Gasteiger partial charge >= 0.3 is 0 Å². The minimum atomic E-state index is -0.485. The Morgan fingerprint density at radius 3 is 2.76 bits per heavy atom. The molecular formula is C11H10BrFN4. The second kappa shape index (κ2) is 4.29. The number of nitrogen functional groups attached to an aromatic ring is 1. The summed E-state index contributed by atoms with van der Waals surface area (Å²) >= 11 is 3.10. The molecule has 88 valence electrons. The predicted octanol–water partition coefficient (Wildman–Crippen LogP) is 2.37. The Morgan fingerprint density at radius 2 is 2.24 bits per heavy atom. The molecule has 1 aromatic heterocycles. The van der Waals surface area contributed by atoms with Gasteiger partial charge in [-0.1, -0.05) is 0 Å². The van der Waals surface area contributed by atoms with Crippen LogP contribution in [0.3, 0.4) is 0 Å². The number of nitrogens with one attached hydrogen (secondary N) is 1. The lowest BCUT2D eigenvalue weighted by atomic mass is 10.2. The van der Waals surface area contributed by atoms with Gasteiger partial charge in [0.25, 0.3) is 0 Å². The number of hydrogen-bond acceptors (Lipinski definition) is 2. The van der Waals surface area contributed by atoms with Gasteiger partial charge in [-0.15, -0.1) is 0 Å². The summed E-state index contributed by atoms with van der Waals surface area (Å²) in [5.41, 5.74) is 6.93. The largest absolute Gasteiger partial charge is 0.384 e. The summed E-state index contributed by atoms with van der Waals surface area (Å²) in [4.78, 5) is 0. The quantitative estimate of drug-likeness (QED) is 0.660. The lowest BCUT2D eigenvalue weighted by Gasteiger charge is -2.08. The second-order valence-electron chi connectivity index (χ2n) is 3.64. The van der Waals surface area contributed by atoms with Crippen LogP contribution >= 0.6 is 15.9 Å². The fourth-order valence-corrected chi connectivity index (χ4v) is 2.02. The lowest BCUT2D eigenvalue weighted by molar-refractivity contribution is 0.604. The Labute approximate surface area is 106 Å². The Balaban J connectivity index is 2.58. The van der Waals surface area contributed by atoms with Crippen molar-refractivity contribution in [3.8, 4) is 5.69 Å². The van der Waals surface area contributed by atoms with Crippen molar-refractivity contribution >= 4 is 21.8 Å².